The second-order valence-electron chi connectivity index (χ2n) is 1.63. The number of halogens is 1. The highest BCUT2D eigenvalue weighted by Crippen LogP contribution is 2.07. The Morgan fingerprint density at radius 2 is 2.56 bits per heavy atom. The lowest BCUT2D eigenvalue weighted by Crippen LogP contribution is -2.02. The summed E-state index contributed by atoms with van der Waals surface area (Å²) >= 11 is 3.08. The van der Waals surface area contributed by atoms with E-state index in [1.807, 2.05) is 0 Å². The molecule has 3 nitrogen and oxygen atoms in total. The molecule has 0 unspecified atom stereocenters. The predicted molar refractivity (Wildman–Crippen MR) is 37.0 cm³/mol. The zero-order valence-electron chi connectivity index (χ0n) is 4.80. The van der Waals surface area contributed by atoms with Gasteiger partial charge in [0.05, 0.1) is 5.69 Å². The lowest BCUT2D eigenvalue weighted by molar-refractivity contribution is 0.528. The normalized spacial score (nSPS) is 10.0. The summed E-state index contributed by atoms with van der Waals surface area (Å²) in [5, 5.41) is 0. The van der Waals surface area contributed by atoms with E-state index in [1.54, 1.807) is 6.26 Å². The zero-order valence-corrected chi connectivity index (χ0v) is 6.39. The van der Waals surface area contributed by atoms with Crippen LogP contribution in [0.4, 0.5) is 0 Å². The smallest absolute Gasteiger partial charge is 0.264 e. The Balaban J connectivity index is 2.61. The Kier molecular flexibility index (Phi) is 2.24. The molecule has 1 aromatic rings. The first-order chi connectivity index (χ1) is 4.33. The van der Waals surface area contributed by atoms with Gasteiger partial charge in [-0.2, -0.15) is 0 Å². The molecule has 2 N–H and O–H groups in total. The summed E-state index contributed by atoms with van der Waals surface area (Å²) in [6, 6.07) is 0. The molecule has 50 valence electrons. The Hall–Kier alpha value is -0.350. The van der Waals surface area contributed by atoms with E-state index in [1.165, 1.54) is 0 Å². The van der Waals surface area contributed by atoms with Crippen LogP contribution in [0.25, 0.3) is 0 Å². The standard InChI is InChI=1S/C5H7BrN2O/c6-5-8-4(1-2-7)3-9-5/h3H,1-2,7H2. The molecule has 1 aromatic heterocycles. The summed E-state index contributed by atoms with van der Waals surface area (Å²) in [6.07, 6.45) is 2.37. The minimum atomic E-state index is 0.519. The van der Waals surface area contributed by atoms with Gasteiger partial charge in [-0.3, -0.25) is 0 Å². The molecule has 0 atom stereocenters. The van der Waals surface area contributed by atoms with E-state index in [0.29, 0.717) is 11.3 Å². The molecule has 0 aromatic carbocycles. The van der Waals surface area contributed by atoms with Crippen LogP contribution in [-0.4, -0.2) is 11.5 Å². The molecule has 9 heavy (non-hydrogen) atoms. The average molecular weight is 191 g/mol. The predicted octanol–water partition coefficient (Wildman–Crippen LogP) is 0.938. The van der Waals surface area contributed by atoms with E-state index in [4.69, 9.17) is 10.2 Å². The van der Waals surface area contributed by atoms with Crippen LogP contribution < -0.4 is 5.73 Å². The van der Waals surface area contributed by atoms with E-state index in [-0.39, 0.29) is 0 Å². The Labute approximate surface area is 61.4 Å². The largest absolute Gasteiger partial charge is 0.439 e. The summed E-state index contributed by atoms with van der Waals surface area (Å²) in [7, 11) is 0. The van der Waals surface area contributed by atoms with Gasteiger partial charge < -0.3 is 10.2 Å². The van der Waals surface area contributed by atoms with Crippen LogP contribution in [0.5, 0.6) is 0 Å². The van der Waals surface area contributed by atoms with E-state index >= 15 is 0 Å². The molecule has 0 aliphatic rings. The molecule has 0 saturated carbocycles. The second-order valence-corrected chi connectivity index (χ2v) is 2.31. The van der Waals surface area contributed by atoms with Crippen molar-refractivity contribution in [2.24, 2.45) is 5.73 Å². The van der Waals surface area contributed by atoms with Crippen LogP contribution in [0.15, 0.2) is 15.5 Å². The van der Waals surface area contributed by atoms with Crippen LogP contribution in [0.1, 0.15) is 5.69 Å². The number of nitrogens with two attached hydrogens (primary N) is 1. The van der Waals surface area contributed by atoms with Crippen LogP contribution in [-0.2, 0) is 6.42 Å². The molecule has 0 aliphatic heterocycles. The van der Waals surface area contributed by atoms with Crippen molar-refractivity contribution in [3.05, 3.63) is 16.8 Å². The van der Waals surface area contributed by atoms with Gasteiger partial charge in [0.1, 0.15) is 6.26 Å². The maximum absolute atomic E-state index is 5.27. The van der Waals surface area contributed by atoms with Gasteiger partial charge in [-0.1, -0.05) is 0 Å². The molecule has 0 amide bonds. The van der Waals surface area contributed by atoms with Crippen molar-refractivity contribution in [1.82, 2.24) is 4.98 Å². The number of oxazole rings is 1. The van der Waals surface area contributed by atoms with E-state index in [9.17, 15) is 0 Å². The zero-order chi connectivity index (χ0) is 6.69. The molecule has 0 radical (unpaired) electrons. The molecule has 1 heterocycles. The molecule has 1 rings (SSSR count). The monoisotopic (exact) mass is 190 g/mol. The van der Waals surface area contributed by atoms with Crippen molar-refractivity contribution >= 4 is 15.9 Å². The first-order valence-electron chi connectivity index (χ1n) is 2.63. The number of hydrogen-bond donors (Lipinski definition) is 1. The highest BCUT2D eigenvalue weighted by Gasteiger charge is 1.96. The minimum absolute atomic E-state index is 0.519. The van der Waals surface area contributed by atoms with Crippen molar-refractivity contribution < 1.29 is 4.42 Å². The van der Waals surface area contributed by atoms with Crippen LogP contribution in [0.3, 0.4) is 0 Å². The van der Waals surface area contributed by atoms with Crippen molar-refractivity contribution in [2.45, 2.75) is 6.42 Å². The van der Waals surface area contributed by atoms with Crippen molar-refractivity contribution in [3.8, 4) is 0 Å². The number of rotatable bonds is 2. The van der Waals surface area contributed by atoms with Crippen LogP contribution in [0.2, 0.25) is 0 Å². The molecule has 0 fully saturated rings. The molecule has 0 aliphatic carbocycles. The average Bonchev–Trinajstić information content (AvgIpc) is 2.17. The molecule has 0 saturated heterocycles. The fraction of sp³-hybridized carbons (Fsp3) is 0.400. The second kappa shape index (κ2) is 2.98. The van der Waals surface area contributed by atoms with Crippen molar-refractivity contribution in [3.63, 3.8) is 0 Å². The quantitative estimate of drug-likeness (QED) is 0.756. The van der Waals surface area contributed by atoms with Gasteiger partial charge in [0, 0.05) is 22.4 Å². The fourth-order valence-electron chi connectivity index (χ4n) is 0.545. The minimum Gasteiger partial charge on any atom is -0.439 e. The lowest BCUT2D eigenvalue weighted by atomic mass is 10.3. The number of aromatic nitrogens is 1. The summed E-state index contributed by atoms with van der Waals surface area (Å²) in [4.78, 5) is 4.49. The molecular formula is C5H7BrN2O. The third kappa shape index (κ3) is 1.80. The summed E-state index contributed by atoms with van der Waals surface area (Å²) in [5.41, 5.74) is 6.17. The van der Waals surface area contributed by atoms with Crippen molar-refractivity contribution in [2.75, 3.05) is 6.54 Å². The number of nitrogens with zero attached hydrogens (tertiary/aromatic N) is 1. The summed E-state index contributed by atoms with van der Waals surface area (Å²) < 4.78 is 4.87. The summed E-state index contributed by atoms with van der Waals surface area (Å²) in [6.45, 7) is 0.610. The lowest BCUT2D eigenvalue weighted by Gasteiger charge is -1.83. The van der Waals surface area contributed by atoms with Gasteiger partial charge in [-0.25, -0.2) is 4.98 Å². The van der Waals surface area contributed by atoms with E-state index in [2.05, 4.69) is 20.9 Å². The summed E-state index contributed by atoms with van der Waals surface area (Å²) in [5.74, 6) is 0. The maximum atomic E-state index is 5.27. The molecule has 4 heteroatoms. The maximum Gasteiger partial charge on any atom is 0.264 e. The third-order valence-corrected chi connectivity index (χ3v) is 1.29. The van der Waals surface area contributed by atoms with Crippen molar-refractivity contribution in [1.29, 1.82) is 0 Å². The highest BCUT2D eigenvalue weighted by molar-refractivity contribution is 9.10. The SMILES string of the molecule is NCCc1coc(Br)n1. The Morgan fingerprint density at radius 3 is 3.00 bits per heavy atom. The van der Waals surface area contributed by atoms with Gasteiger partial charge in [0.25, 0.3) is 4.80 Å². The molecule has 0 spiro atoms. The van der Waals surface area contributed by atoms with Gasteiger partial charge in [-0.05, 0) is 6.54 Å². The van der Waals surface area contributed by atoms with Gasteiger partial charge in [0.15, 0.2) is 0 Å². The number of hydrogen-bond acceptors (Lipinski definition) is 3. The topological polar surface area (TPSA) is 52.0 Å². The highest BCUT2D eigenvalue weighted by atomic mass is 79.9. The first-order valence-corrected chi connectivity index (χ1v) is 3.42. The fourth-order valence-corrected chi connectivity index (χ4v) is 0.866. The Bertz CT molecular complexity index is 187. The van der Waals surface area contributed by atoms with E-state index < -0.39 is 0 Å². The van der Waals surface area contributed by atoms with Gasteiger partial charge in [0.2, 0.25) is 0 Å². The first kappa shape index (κ1) is 6.77. The van der Waals surface area contributed by atoms with E-state index in [0.717, 1.165) is 12.1 Å². The van der Waals surface area contributed by atoms with Crippen LogP contribution in [0, 0.1) is 0 Å². The van der Waals surface area contributed by atoms with Gasteiger partial charge in [-0.15, -0.1) is 0 Å². The molecule has 0 bridgehead atoms. The third-order valence-electron chi connectivity index (χ3n) is 0.924. The van der Waals surface area contributed by atoms with Gasteiger partial charge >= 0.3 is 0 Å². The Morgan fingerprint density at radius 1 is 1.78 bits per heavy atom. The molecular weight excluding hydrogens is 184 g/mol. The van der Waals surface area contributed by atoms with Crippen LogP contribution >= 0.6 is 15.9 Å².